The van der Waals surface area contributed by atoms with Crippen LogP contribution in [0.2, 0.25) is 0 Å². The second-order valence-electron chi connectivity index (χ2n) is 2.53. The van der Waals surface area contributed by atoms with Gasteiger partial charge in [0.2, 0.25) is 5.96 Å². The first-order chi connectivity index (χ1) is 6.66. The summed E-state index contributed by atoms with van der Waals surface area (Å²) in [6.07, 6.45) is -0.677. The van der Waals surface area contributed by atoms with Crippen molar-refractivity contribution in [3.63, 3.8) is 0 Å². The minimum atomic E-state index is -0.677. The number of hydrogen-bond acceptors (Lipinski definition) is 3. The van der Waals surface area contributed by atoms with Crippen LogP contribution in [0.15, 0.2) is 30.3 Å². The van der Waals surface area contributed by atoms with E-state index >= 15 is 0 Å². The Morgan fingerprint density at radius 2 is 2.00 bits per heavy atom. The molecule has 0 heterocycles. The molecule has 1 aromatic carbocycles. The monoisotopic (exact) mass is 193 g/mol. The fourth-order valence-electron chi connectivity index (χ4n) is 1.01. The number of carbonyl (C=O) groups is 1. The highest BCUT2D eigenvalue weighted by molar-refractivity contribution is 6.11. The van der Waals surface area contributed by atoms with Crippen molar-refractivity contribution in [2.45, 2.75) is 0 Å². The van der Waals surface area contributed by atoms with Crippen LogP contribution in [0.4, 0.5) is 10.5 Å². The van der Waals surface area contributed by atoms with Gasteiger partial charge in [-0.15, -0.1) is 0 Å². The normalized spacial score (nSPS) is 9.21. The molecule has 0 saturated carbocycles. The predicted molar refractivity (Wildman–Crippen MR) is 53.2 cm³/mol. The number of para-hydroxylation sites is 1. The van der Waals surface area contributed by atoms with E-state index in [9.17, 15) is 4.79 Å². The number of nitrogens with two attached hydrogens (primary N) is 1. The number of rotatable bonds is 1. The molecule has 0 spiro atoms. The maximum atomic E-state index is 11.2. The Bertz CT molecular complexity index is 337. The highest BCUT2D eigenvalue weighted by Gasteiger charge is 2.18. The molecule has 0 aromatic heterocycles. The van der Waals surface area contributed by atoms with Gasteiger partial charge in [-0.05, 0) is 12.1 Å². The van der Waals surface area contributed by atoms with E-state index in [1.807, 2.05) is 0 Å². The fraction of sp³-hybridized carbons (Fsp3) is 0.111. The lowest BCUT2D eigenvalue weighted by Gasteiger charge is -2.18. The third-order valence-corrected chi connectivity index (χ3v) is 1.61. The third-order valence-electron chi connectivity index (χ3n) is 1.61. The molecule has 0 radical (unpaired) electrons. The van der Waals surface area contributed by atoms with E-state index in [0.717, 1.165) is 4.90 Å². The van der Waals surface area contributed by atoms with Crippen molar-refractivity contribution >= 4 is 17.7 Å². The van der Waals surface area contributed by atoms with Crippen LogP contribution < -0.4 is 10.6 Å². The van der Waals surface area contributed by atoms with E-state index in [0.29, 0.717) is 5.69 Å². The van der Waals surface area contributed by atoms with Gasteiger partial charge in [-0.25, -0.2) is 9.69 Å². The second-order valence-corrected chi connectivity index (χ2v) is 2.53. The molecule has 5 heteroatoms. The molecule has 5 nitrogen and oxygen atoms in total. The number of carbonyl (C=O) groups excluding carboxylic acids is 1. The molecule has 0 aliphatic heterocycles. The van der Waals surface area contributed by atoms with Crippen molar-refractivity contribution in [2.24, 2.45) is 5.73 Å². The van der Waals surface area contributed by atoms with Gasteiger partial charge in [-0.2, -0.15) is 0 Å². The molecule has 0 bridgehead atoms. The number of guanidine groups is 1. The molecule has 0 fully saturated rings. The van der Waals surface area contributed by atoms with E-state index in [2.05, 4.69) is 4.74 Å². The van der Waals surface area contributed by atoms with E-state index in [4.69, 9.17) is 11.1 Å². The SMILES string of the molecule is COC(=O)N(C(=N)N)c1ccccc1. The van der Waals surface area contributed by atoms with Gasteiger partial charge in [-0.1, -0.05) is 18.2 Å². The maximum Gasteiger partial charge on any atom is 0.421 e. The summed E-state index contributed by atoms with van der Waals surface area (Å²) in [6, 6.07) is 8.62. The summed E-state index contributed by atoms with van der Waals surface area (Å²) >= 11 is 0. The Hall–Kier alpha value is -2.04. The lowest BCUT2D eigenvalue weighted by Crippen LogP contribution is -2.41. The van der Waals surface area contributed by atoms with Crippen molar-refractivity contribution in [3.05, 3.63) is 30.3 Å². The van der Waals surface area contributed by atoms with Crippen molar-refractivity contribution in [3.8, 4) is 0 Å². The Kier molecular flexibility index (Phi) is 3.06. The van der Waals surface area contributed by atoms with Crippen LogP contribution in [0.1, 0.15) is 0 Å². The van der Waals surface area contributed by atoms with Crippen LogP contribution in [0.25, 0.3) is 0 Å². The molecule has 3 N–H and O–H groups in total. The Balaban J connectivity index is 3.01. The van der Waals surface area contributed by atoms with Crippen LogP contribution in [0.3, 0.4) is 0 Å². The molecule has 0 aliphatic carbocycles. The van der Waals surface area contributed by atoms with E-state index in [-0.39, 0.29) is 5.96 Å². The number of amides is 1. The highest BCUT2D eigenvalue weighted by atomic mass is 16.5. The molecule has 1 rings (SSSR count). The molecule has 74 valence electrons. The van der Waals surface area contributed by atoms with Crippen LogP contribution >= 0.6 is 0 Å². The molecule has 0 unspecified atom stereocenters. The minimum Gasteiger partial charge on any atom is -0.452 e. The molecular weight excluding hydrogens is 182 g/mol. The number of methoxy groups -OCH3 is 1. The first-order valence-electron chi connectivity index (χ1n) is 3.94. The number of hydrogen-bond donors (Lipinski definition) is 2. The molecule has 14 heavy (non-hydrogen) atoms. The summed E-state index contributed by atoms with van der Waals surface area (Å²) in [4.78, 5) is 12.2. The smallest absolute Gasteiger partial charge is 0.421 e. The summed E-state index contributed by atoms with van der Waals surface area (Å²) in [5, 5.41) is 7.23. The van der Waals surface area contributed by atoms with Gasteiger partial charge < -0.3 is 10.5 Å². The number of nitrogens with zero attached hydrogens (tertiary/aromatic N) is 1. The topological polar surface area (TPSA) is 79.4 Å². The second kappa shape index (κ2) is 4.27. The van der Waals surface area contributed by atoms with Gasteiger partial charge >= 0.3 is 6.09 Å². The largest absolute Gasteiger partial charge is 0.452 e. The Morgan fingerprint density at radius 3 is 2.43 bits per heavy atom. The van der Waals surface area contributed by atoms with Crippen LogP contribution in [0, 0.1) is 5.41 Å². The van der Waals surface area contributed by atoms with Gasteiger partial charge in [0.15, 0.2) is 0 Å². The Morgan fingerprint density at radius 1 is 1.43 bits per heavy atom. The molecular formula is C9H11N3O2. The number of benzene rings is 1. The van der Waals surface area contributed by atoms with Gasteiger partial charge in [0.25, 0.3) is 0 Å². The predicted octanol–water partition coefficient (Wildman–Crippen LogP) is 1.15. The number of nitrogens with one attached hydrogen (secondary N) is 1. The van der Waals surface area contributed by atoms with Crippen molar-refractivity contribution < 1.29 is 9.53 Å². The Labute approximate surface area is 81.6 Å². The average molecular weight is 193 g/mol. The zero-order chi connectivity index (χ0) is 10.6. The first-order valence-corrected chi connectivity index (χ1v) is 3.94. The first kappa shape index (κ1) is 10.0. The maximum absolute atomic E-state index is 11.2. The summed E-state index contributed by atoms with van der Waals surface area (Å²) in [6.45, 7) is 0. The fourth-order valence-corrected chi connectivity index (χ4v) is 1.01. The molecule has 1 aromatic rings. The molecule has 0 atom stereocenters. The molecule has 1 amide bonds. The highest BCUT2D eigenvalue weighted by Crippen LogP contribution is 2.13. The standard InChI is InChI=1S/C9H11N3O2/c1-14-9(13)12(8(10)11)7-5-3-2-4-6-7/h2-6H,1H3,(H3,10,11). The van der Waals surface area contributed by atoms with Crippen molar-refractivity contribution in [2.75, 3.05) is 12.0 Å². The quantitative estimate of drug-likeness (QED) is 0.518. The summed E-state index contributed by atoms with van der Waals surface area (Å²) in [5.41, 5.74) is 5.76. The number of anilines is 1. The van der Waals surface area contributed by atoms with E-state index in [1.54, 1.807) is 30.3 Å². The lowest BCUT2D eigenvalue weighted by atomic mass is 10.3. The molecule has 0 aliphatic rings. The number of ether oxygens (including phenoxy) is 1. The molecule has 0 saturated heterocycles. The van der Waals surface area contributed by atoms with Crippen molar-refractivity contribution in [1.29, 1.82) is 5.41 Å². The van der Waals surface area contributed by atoms with Gasteiger partial charge in [0, 0.05) is 0 Å². The van der Waals surface area contributed by atoms with Crippen LogP contribution in [-0.4, -0.2) is 19.2 Å². The van der Waals surface area contributed by atoms with Crippen LogP contribution in [0.5, 0.6) is 0 Å². The van der Waals surface area contributed by atoms with Gasteiger partial charge in [0.05, 0.1) is 12.8 Å². The van der Waals surface area contributed by atoms with E-state index < -0.39 is 6.09 Å². The van der Waals surface area contributed by atoms with Crippen molar-refractivity contribution in [1.82, 2.24) is 0 Å². The zero-order valence-electron chi connectivity index (χ0n) is 7.73. The van der Waals surface area contributed by atoms with Crippen LogP contribution in [-0.2, 0) is 4.74 Å². The van der Waals surface area contributed by atoms with E-state index in [1.165, 1.54) is 7.11 Å². The lowest BCUT2D eigenvalue weighted by molar-refractivity contribution is 0.182. The summed E-state index contributed by atoms with van der Waals surface area (Å²) in [5.74, 6) is -0.372. The summed E-state index contributed by atoms with van der Waals surface area (Å²) in [7, 11) is 1.24. The van der Waals surface area contributed by atoms with Gasteiger partial charge in [-0.3, -0.25) is 5.41 Å². The zero-order valence-corrected chi connectivity index (χ0v) is 7.73. The van der Waals surface area contributed by atoms with Gasteiger partial charge in [0.1, 0.15) is 0 Å². The summed E-state index contributed by atoms with van der Waals surface area (Å²) < 4.78 is 4.49. The minimum absolute atomic E-state index is 0.372. The average Bonchev–Trinajstić information content (AvgIpc) is 2.19. The third kappa shape index (κ3) is 2.01.